The van der Waals surface area contributed by atoms with E-state index in [0.29, 0.717) is 10.6 Å². The summed E-state index contributed by atoms with van der Waals surface area (Å²) in [5.41, 5.74) is -0.902. The average molecular weight is 367 g/mol. The zero-order valence-corrected chi connectivity index (χ0v) is 14.9. The summed E-state index contributed by atoms with van der Waals surface area (Å²) in [4.78, 5) is 12.3. The lowest BCUT2D eigenvalue weighted by Crippen LogP contribution is -2.33. The molecule has 1 aromatic carbocycles. The van der Waals surface area contributed by atoms with Crippen LogP contribution in [0, 0.1) is 11.3 Å². The second-order valence-corrected chi connectivity index (χ2v) is 7.20. The van der Waals surface area contributed by atoms with Gasteiger partial charge in [-0.25, -0.2) is 5.06 Å². The maximum atomic E-state index is 13.1. The number of hydroxylamine groups is 2. The van der Waals surface area contributed by atoms with Gasteiger partial charge in [0.05, 0.1) is 17.7 Å². The number of benzene rings is 1. The third-order valence-electron chi connectivity index (χ3n) is 5.25. The molecule has 142 valence electrons. The lowest BCUT2D eigenvalue weighted by atomic mass is 9.70. The van der Waals surface area contributed by atoms with Crippen LogP contribution < -0.4 is 0 Å². The van der Waals surface area contributed by atoms with Crippen molar-refractivity contribution in [2.24, 2.45) is 11.3 Å². The fourth-order valence-electron chi connectivity index (χ4n) is 3.34. The zero-order chi connectivity index (χ0) is 19.5. The summed E-state index contributed by atoms with van der Waals surface area (Å²) in [5.74, 6) is -0.950. The van der Waals surface area contributed by atoms with E-state index in [9.17, 15) is 23.2 Å². The molecule has 1 aliphatic rings. The normalized spacial score (nSPS) is 23.3. The largest absolute Gasteiger partial charge is 0.417 e. The maximum Gasteiger partial charge on any atom is 0.417 e. The van der Waals surface area contributed by atoms with Crippen LogP contribution in [-0.4, -0.2) is 22.7 Å². The van der Waals surface area contributed by atoms with E-state index in [1.54, 1.807) is 0 Å². The number of carbonyl (C=O) groups excluding carboxylic acids is 1. The number of halogens is 3. The summed E-state index contributed by atoms with van der Waals surface area (Å²) in [7, 11) is 0. The standard InChI is InChI=1S/C20H24F3NO2/c1-4-19(3)11-9-15(10-12-19)14(2)13-24(26)18(25)16-7-5-6-8-17(16)20(21,22)23/h4-8,15,26H,1-2,9-13H2,3H3/t15-,19-. The highest BCUT2D eigenvalue weighted by Gasteiger charge is 2.36. The Balaban J connectivity index is 2.04. The summed E-state index contributed by atoms with van der Waals surface area (Å²) >= 11 is 0. The molecule has 0 bridgehead atoms. The smallest absolute Gasteiger partial charge is 0.285 e. The average Bonchev–Trinajstić information content (AvgIpc) is 2.60. The van der Waals surface area contributed by atoms with Crippen LogP contribution in [0.2, 0.25) is 0 Å². The van der Waals surface area contributed by atoms with Gasteiger partial charge in [-0.3, -0.25) is 10.0 Å². The number of amides is 1. The summed E-state index contributed by atoms with van der Waals surface area (Å²) in [5, 5.41) is 10.4. The number of alkyl halides is 3. The zero-order valence-electron chi connectivity index (χ0n) is 14.9. The molecule has 1 saturated carbocycles. The lowest BCUT2D eigenvalue weighted by molar-refractivity contribution is -0.138. The molecule has 1 fully saturated rings. The molecule has 0 heterocycles. The fourth-order valence-corrected chi connectivity index (χ4v) is 3.34. The predicted molar refractivity (Wildman–Crippen MR) is 93.7 cm³/mol. The van der Waals surface area contributed by atoms with Crippen molar-refractivity contribution < 1.29 is 23.2 Å². The van der Waals surface area contributed by atoms with E-state index < -0.39 is 23.2 Å². The summed E-state index contributed by atoms with van der Waals surface area (Å²) < 4.78 is 39.2. The van der Waals surface area contributed by atoms with Crippen molar-refractivity contribution in [1.29, 1.82) is 0 Å². The minimum absolute atomic E-state index is 0.0805. The van der Waals surface area contributed by atoms with Crippen LogP contribution in [0.1, 0.15) is 48.5 Å². The number of allylic oxidation sites excluding steroid dienone is 1. The Hall–Kier alpha value is -2.08. The molecule has 0 radical (unpaired) electrons. The first-order valence-corrected chi connectivity index (χ1v) is 8.55. The Bertz CT molecular complexity index is 689. The van der Waals surface area contributed by atoms with Crippen LogP contribution in [0.5, 0.6) is 0 Å². The van der Waals surface area contributed by atoms with Crippen molar-refractivity contribution in [2.45, 2.75) is 38.8 Å². The topological polar surface area (TPSA) is 40.5 Å². The van der Waals surface area contributed by atoms with E-state index >= 15 is 0 Å². The Labute approximate surface area is 151 Å². The Kier molecular flexibility index (Phi) is 5.96. The summed E-state index contributed by atoms with van der Waals surface area (Å²) in [6.45, 7) is 9.74. The van der Waals surface area contributed by atoms with Gasteiger partial charge in [-0.1, -0.05) is 37.3 Å². The summed E-state index contributed by atoms with van der Waals surface area (Å²) in [6.07, 6.45) is 0.836. The van der Waals surface area contributed by atoms with E-state index in [1.807, 2.05) is 6.08 Å². The van der Waals surface area contributed by atoms with Crippen molar-refractivity contribution >= 4 is 5.91 Å². The first-order valence-electron chi connectivity index (χ1n) is 8.55. The van der Waals surface area contributed by atoms with Gasteiger partial charge in [-0.2, -0.15) is 13.2 Å². The number of carbonyl (C=O) groups is 1. The monoisotopic (exact) mass is 367 g/mol. The van der Waals surface area contributed by atoms with Gasteiger partial charge in [0.2, 0.25) is 0 Å². The third kappa shape index (κ3) is 4.55. The summed E-state index contributed by atoms with van der Waals surface area (Å²) in [6, 6.07) is 4.43. The van der Waals surface area contributed by atoms with Gasteiger partial charge in [0.1, 0.15) is 0 Å². The van der Waals surface area contributed by atoms with Gasteiger partial charge in [0, 0.05) is 0 Å². The second-order valence-electron chi connectivity index (χ2n) is 7.20. The number of hydrogen-bond donors (Lipinski definition) is 1. The third-order valence-corrected chi connectivity index (χ3v) is 5.25. The van der Waals surface area contributed by atoms with Crippen molar-refractivity contribution in [3.8, 4) is 0 Å². The molecule has 0 aromatic heterocycles. The first kappa shape index (κ1) is 20.2. The number of nitrogens with zero attached hydrogens (tertiary/aromatic N) is 1. The highest BCUT2D eigenvalue weighted by atomic mass is 19.4. The quantitative estimate of drug-likeness (QED) is 0.426. The predicted octanol–water partition coefficient (Wildman–Crippen LogP) is 5.48. The second kappa shape index (κ2) is 7.66. The molecule has 0 atom stereocenters. The van der Waals surface area contributed by atoms with Crippen LogP contribution >= 0.6 is 0 Å². The van der Waals surface area contributed by atoms with Gasteiger partial charge in [-0.15, -0.1) is 6.58 Å². The minimum atomic E-state index is -4.66. The molecule has 0 unspecified atom stereocenters. The van der Waals surface area contributed by atoms with Crippen molar-refractivity contribution in [3.63, 3.8) is 0 Å². The molecule has 26 heavy (non-hydrogen) atoms. The highest BCUT2D eigenvalue weighted by Crippen LogP contribution is 2.41. The fraction of sp³-hybridized carbons (Fsp3) is 0.450. The van der Waals surface area contributed by atoms with Gasteiger partial charge in [0.25, 0.3) is 5.91 Å². The van der Waals surface area contributed by atoms with Crippen LogP contribution in [-0.2, 0) is 6.18 Å². The Morgan fingerprint density at radius 1 is 1.35 bits per heavy atom. The van der Waals surface area contributed by atoms with E-state index in [0.717, 1.165) is 37.8 Å². The molecular weight excluding hydrogens is 343 g/mol. The van der Waals surface area contributed by atoms with E-state index in [4.69, 9.17) is 0 Å². The molecule has 1 aromatic rings. The van der Waals surface area contributed by atoms with Crippen molar-refractivity contribution in [2.75, 3.05) is 6.54 Å². The van der Waals surface area contributed by atoms with Crippen molar-refractivity contribution in [1.82, 2.24) is 5.06 Å². The number of hydrogen-bond acceptors (Lipinski definition) is 2. The molecule has 1 aliphatic carbocycles. The Morgan fingerprint density at radius 2 is 1.92 bits per heavy atom. The van der Waals surface area contributed by atoms with Crippen LogP contribution in [0.4, 0.5) is 13.2 Å². The molecule has 1 amide bonds. The van der Waals surface area contributed by atoms with Gasteiger partial charge >= 0.3 is 6.18 Å². The van der Waals surface area contributed by atoms with Crippen LogP contribution in [0.15, 0.2) is 49.1 Å². The number of rotatable bonds is 5. The molecule has 2 rings (SSSR count). The molecule has 0 aliphatic heterocycles. The molecule has 0 spiro atoms. The first-order chi connectivity index (χ1) is 12.1. The molecule has 6 heteroatoms. The SMILES string of the molecule is C=C[C@]1(C)CC[C@@H](C(=C)CN(O)C(=O)c2ccccc2C(F)(F)F)CC1. The van der Waals surface area contributed by atoms with E-state index in [-0.39, 0.29) is 17.9 Å². The molecule has 1 N–H and O–H groups in total. The molecule has 3 nitrogen and oxygen atoms in total. The van der Waals surface area contributed by atoms with Crippen molar-refractivity contribution in [3.05, 3.63) is 60.2 Å². The lowest BCUT2D eigenvalue weighted by Gasteiger charge is -2.36. The minimum Gasteiger partial charge on any atom is -0.285 e. The maximum absolute atomic E-state index is 13.1. The molecule has 0 saturated heterocycles. The molecular formula is C20H24F3NO2. The highest BCUT2D eigenvalue weighted by molar-refractivity contribution is 5.95. The van der Waals surface area contributed by atoms with Crippen LogP contribution in [0.25, 0.3) is 0 Å². The van der Waals surface area contributed by atoms with Gasteiger partial charge in [0.15, 0.2) is 0 Å². The van der Waals surface area contributed by atoms with Gasteiger partial charge in [-0.05, 0) is 49.1 Å². The van der Waals surface area contributed by atoms with E-state index in [2.05, 4.69) is 20.1 Å². The van der Waals surface area contributed by atoms with E-state index in [1.165, 1.54) is 12.1 Å². The Morgan fingerprint density at radius 3 is 2.46 bits per heavy atom. The van der Waals surface area contributed by atoms with Crippen LogP contribution in [0.3, 0.4) is 0 Å². The van der Waals surface area contributed by atoms with Gasteiger partial charge < -0.3 is 0 Å².